The molecule has 0 radical (unpaired) electrons. The lowest BCUT2D eigenvalue weighted by Gasteiger charge is -2.39. The first-order valence-electron chi connectivity index (χ1n) is 10.5. The SMILES string of the molecule is Cc1cc(F)ccc1[C@H]1C(=O)NCCN1C(=O)N(C)[C@@H](C)c1cc(C(F)(F)F)cc(C(F)(F)F)c1. The van der Waals surface area contributed by atoms with E-state index in [0.29, 0.717) is 23.3 Å². The van der Waals surface area contributed by atoms with Gasteiger partial charge >= 0.3 is 18.4 Å². The lowest BCUT2D eigenvalue weighted by molar-refractivity contribution is -0.143. The average Bonchev–Trinajstić information content (AvgIpc) is 2.76. The van der Waals surface area contributed by atoms with Gasteiger partial charge in [0, 0.05) is 20.1 Å². The third-order valence-electron chi connectivity index (χ3n) is 5.96. The Morgan fingerprint density at radius 2 is 1.63 bits per heavy atom. The number of carbonyl (C=O) groups excluding carboxylic acids is 2. The van der Waals surface area contributed by atoms with Crippen LogP contribution in [0.2, 0.25) is 0 Å². The summed E-state index contributed by atoms with van der Waals surface area (Å²) in [6.45, 7) is 2.96. The van der Waals surface area contributed by atoms with Crippen LogP contribution in [0.4, 0.5) is 35.5 Å². The maximum atomic E-state index is 13.6. The zero-order valence-electron chi connectivity index (χ0n) is 18.9. The molecule has 1 fully saturated rings. The summed E-state index contributed by atoms with van der Waals surface area (Å²) in [6.07, 6.45) is -10.1. The zero-order valence-corrected chi connectivity index (χ0v) is 18.9. The van der Waals surface area contributed by atoms with Crippen molar-refractivity contribution in [2.75, 3.05) is 20.1 Å². The molecule has 0 aliphatic carbocycles. The van der Waals surface area contributed by atoms with Crippen molar-refractivity contribution < 1.29 is 40.3 Å². The van der Waals surface area contributed by atoms with Crippen molar-refractivity contribution in [3.8, 4) is 0 Å². The quantitative estimate of drug-likeness (QED) is 0.564. The number of urea groups is 1. The van der Waals surface area contributed by atoms with Crippen molar-refractivity contribution in [3.05, 3.63) is 70.0 Å². The van der Waals surface area contributed by atoms with Crippen LogP contribution in [0.1, 0.15) is 46.8 Å². The Labute approximate surface area is 196 Å². The summed E-state index contributed by atoms with van der Waals surface area (Å²) in [5.74, 6) is -1.09. The summed E-state index contributed by atoms with van der Waals surface area (Å²) in [4.78, 5) is 28.1. The number of rotatable bonds is 3. The number of nitrogens with zero attached hydrogens (tertiary/aromatic N) is 2. The summed E-state index contributed by atoms with van der Waals surface area (Å²) in [5, 5.41) is 2.61. The predicted molar refractivity (Wildman–Crippen MR) is 112 cm³/mol. The highest BCUT2D eigenvalue weighted by molar-refractivity contribution is 5.89. The van der Waals surface area contributed by atoms with Crippen molar-refractivity contribution in [1.82, 2.24) is 15.1 Å². The topological polar surface area (TPSA) is 52.7 Å². The molecule has 12 heteroatoms. The van der Waals surface area contributed by atoms with Crippen molar-refractivity contribution in [1.29, 1.82) is 0 Å². The van der Waals surface area contributed by atoms with Gasteiger partial charge in [-0.15, -0.1) is 0 Å². The van der Waals surface area contributed by atoms with Crippen LogP contribution in [-0.2, 0) is 17.1 Å². The number of alkyl halides is 6. The van der Waals surface area contributed by atoms with Gasteiger partial charge in [-0.3, -0.25) is 4.79 Å². The minimum Gasteiger partial charge on any atom is -0.352 e. The second-order valence-electron chi connectivity index (χ2n) is 8.30. The molecule has 0 saturated carbocycles. The second kappa shape index (κ2) is 9.38. The van der Waals surface area contributed by atoms with Crippen LogP contribution in [0.15, 0.2) is 36.4 Å². The van der Waals surface area contributed by atoms with E-state index in [1.165, 1.54) is 26.1 Å². The molecule has 1 aliphatic rings. The minimum absolute atomic E-state index is 0.0142. The molecule has 2 aromatic carbocycles. The molecule has 3 rings (SSSR count). The molecule has 1 N–H and O–H groups in total. The fraction of sp³-hybridized carbons (Fsp3) is 0.391. The largest absolute Gasteiger partial charge is 0.416 e. The summed E-state index contributed by atoms with van der Waals surface area (Å²) in [7, 11) is 1.22. The molecule has 5 nitrogen and oxygen atoms in total. The first-order valence-corrected chi connectivity index (χ1v) is 10.5. The van der Waals surface area contributed by atoms with Crippen molar-refractivity contribution >= 4 is 11.9 Å². The average molecular weight is 505 g/mol. The van der Waals surface area contributed by atoms with Crippen LogP contribution in [0.3, 0.4) is 0 Å². The van der Waals surface area contributed by atoms with Gasteiger partial charge in [-0.1, -0.05) is 6.07 Å². The molecule has 2 aromatic rings. The Kier molecular flexibility index (Phi) is 7.05. The number of carbonyl (C=O) groups is 2. The van der Waals surface area contributed by atoms with E-state index >= 15 is 0 Å². The minimum atomic E-state index is -5.03. The van der Waals surface area contributed by atoms with Gasteiger partial charge in [-0.2, -0.15) is 26.3 Å². The van der Waals surface area contributed by atoms with Gasteiger partial charge in [0.2, 0.25) is 5.91 Å². The van der Waals surface area contributed by atoms with E-state index in [1.54, 1.807) is 6.92 Å². The molecule has 1 saturated heterocycles. The molecule has 0 unspecified atom stereocenters. The zero-order chi connectivity index (χ0) is 26.3. The molecule has 1 heterocycles. The van der Waals surface area contributed by atoms with Crippen LogP contribution in [-0.4, -0.2) is 41.9 Å². The standard InChI is InChI=1S/C23H22F7N3O2/c1-12-8-17(24)4-5-18(12)19-20(34)31-6-7-33(19)21(35)32(3)13(2)14-9-15(22(25,26)27)11-16(10-14)23(28,29)30/h4-5,8-11,13,19H,6-7H2,1-3H3,(H,31,34)/t13-,19-/m0/s1. The predicted octanol–water partition coefficient (Wildman–Crippen LogP) is 5.46. The van der Waals surface area contributed by atoms with E-state index in [9.17, 15) is 40.3 Å². The molecule has 0 bridgehead atoms. The van der Waals surface area contributed by atoms with Crippen LogP contribution in [0.25, 0.3) is 0 Å². The maximum absolute atomic E-state index is 13.6. The highest BCUT2D eigenvalue weighted by atomic mass is 19.4. The number of halogens is 7. The van der Waals surface area contributed by atoms with Crippen LogP contribution < -0.4 is 5.32 Å². The molecule has 1 aliphatic heterocycles. The van der Waals surface area contributed by atoms with E-state index in [0.717, 1.165) is 15.9 Å². The highest BCUT2D eigenvalue weighted by Crippen LogP contribution is 2.38. The van der Waals surface area contributed by atoms with Gasteiger partial charge < -0.3 is 15.1 Å². The number of amides is 3. The summed E-state index contributed by atoms with van der Waals surface area (Å²) < 4.78 is 93.2. The Balaban J connectivity index is 1.98. The Hall–Kier alpha value is -3.31. The van der Waals surface area contributed by atoms with Crippen LogP contribution >= 0.6 is 0 Å². The van der Waals surface area contributed by atoms with E-state index in [-0.39, 0.29) is 24.7 Å². The molecule has 35 heavy (non-hydrogen) atoms. The van der Waals surface area contributed by atoms with Gasteiger partial charge in [0.15, 0.2) is 0 Å². The summed E-state index contributed by atoms with van der Waals surface area (Å²) in [6, 6.07) is 1.67. The molecule has 0 spiro atoms. The number of aryl methyl sites for hydroxylation is 1. The Bertz CT molecular complexity index is 1100. The highest BCUT2D eigenvalue weighted by Gasteiger charge is 2.40. The summed E-state index contributed by atoms with van der Waals surface area (Å²) in [5.41, 5.74) is -2.62. The van der Waals surface area contributed by atoms with Crippen LogP contribution in [0.5, 0.6) is 0 Å². The van der Waals surface area contributed by atoms with E-state index in [1.807, 2.05) is 0 Å². The smallest absolute Gasteiger partial charge is 0.352 e. The number of hydrogen-bond donors (Lipinski definition) is 1. The van der Waals surface area contributed by atoms with E-state index in [4.69, 9.17) is 0 Å². The van der Waals surface area contributed by atoms with E-state index < -0.39 is 53.3 Å². The summed E-state index contributed by atoms with van der Waals surface area (Å²) >= 11 is 0. The van der Waals surface area contributed by atoms with Gasteiger partial charge in [0.1, 0.15) is 11.9 Å². The number of piperazine rings is 1. The molecule has 190 valence electrons. The van der Waals surface area contributed by atoms with Crippen LogP contribution in [0, 0.1) is 12.7 Å². The Morgan fingerprint density at radius 3 is 2.14 bits per heavy atom. The lowest BCUT2D eigenvalue weighted by atomic mass is 9.97. The Morgan fingerprint density at radius 1 is 1.06 bits per heavy atom. The molecular formula is C23H22F7N3O2. The van der Waals surface area contributed by atoms with E-state index in [2.05, 4.69) is 5.32 Å². The lowest BCUT2D eigenvalue weighted by Crippen LogP contribution is -2.55. The number of nitrogens with one attached hydrogen (secondary N) is 1. The molecule has 3 amide bonds. The van der Waals surface area contributed by atoms with Crippen molar-refractivity contribution in [2.24, 2.45) is 0 Å². The maximum Gasteiger partial charge on any atom is 0.416 e. The van der Waals surface area contributed by atoms with Gasteiger partial charge in [0.25, 0.3) is 0 Å². The number of hydrogen-bond acceptors (Lipinski definition) is 2. The second-order valence-corrected chi connectivity index (χ2v) is 8.30. The van der Waals surface area contributed by atoms with Gasteiger partial charge in [-0.25, -0.2) is 9.18 Å². The third kappa shape index (κ3) is 5.51. The molecule has 0 aromatic heterocycles. The molecular weight excluding hydrogens is 483 g/mol. The number of benzene rings is 2. The third-order valence-corrected chi connectivity index (χ3v) is 5.96. The molecule has 2 atom stereocenters. The fourth-order valence-corrected chi connectivity index (χ4v) is 3.94. The first kappa shape index (κ1) is 26.3. The normalized spacial score (nSPS) is 17.7. The first-order chi connectivity index (χ1) is 16.1. The fourth-order valence-electron chi connectivity index (χ4n) is 3.94. The van der Waals surface area contributed by atoms with Gasteiger partial charge in [-0.05, 0) is 60.9 Å². The van der Waals surface area contributed by atoms with Crippen molar-refractivity contribution in [2.45, 2.75) is 38.3 Å². The monoisotopic (exact) mass is 505 g/mol. The van der Waals surface area contributed by atoms with Gasteiger partial charge in [0.05, 0.1) is 17.2 Å². The van der Waals surface area contributed by atoms with Crippen molar-refractivity contribution in [3.63, 3.8) is 0 Å².